The SMILES string of the molecule is CCS(=O)(=O)N1CCC(NC(=NC)NCc2cccc(C#N)c2)CC1. The van der Waals surface area contributed by atoms with Crippen LogP contribution in [0.2, 0.25) is 0 Å². The summed E-state index contributed by atoms with van der Waals surface area (Å²) >= 11 is 0. The summed E-state index contributed by atoms with van der Waals surface area (Å²) in [5.41, 5.74) is 1.64. The number of benzene rings is 1. The molecule has 0 amide bonds. The molecule has 0 radical (unpaired) electrons. The molecule has 1 aromatic carbocycles. The van der Waals surface area contributed by atoms with Gasteiger partial charge in [0.25, 0.3) is 0 Å². The monoisotopic (exact) mass is 363 g/mol. The standard InChI is InChI=1S/C17H25N5O2S/c1-3-25(23,24)22-9-7-16(8-10-22)21-17(19-2)20-13-15-6-4-5-14(11-15)12-18/h4-6,11,16H,3,7-10,13H2,1-2H3,(H2,19,20,21). The highest BCUT2D eigenvalue weighted by Crippen LogP contribution is 2.14. The Kier molecular flexibility index (Phi) is 6.79. The minimum Gasteiger partial charge on any atom is -0.354 e. The minimum absolute atomic E-state index is 0.149. The molecular weight excluding hydrogens is 338 g/mol. The fourth-order valence-electron chi connectivity index (χ4n) is 2.79. The lowest BCUT2D eigenvalue weighted by Crippen LogP contribution is -2.49. The quantitative estimate of drug-likeness (QED) is 0.602. The highest BCUT2D eigenvalue weighted by molar-refractivity contribution is 7.89. The molecule has 0 saturated carbocycles. The van der Waals surface area contributed by atoms with Crippen molar-refractivity contribution in [1.29, 1.82) is 5.26 Å². The topological polar surface area (TPSA) is 97.6 Å². The molecule has 136 valence electrons. The zero-order chi connectivity index (χ0) is 18.3. The number of guanidine groups is 1. The van der Waals surface area contributed by atoms with E-state index >= 15 is 0 Å². The number of hydrogen-bond donors (Lipinski definition) is 2. The van der Waals surface area contributed by atoms with Gasteiger partial charge < -0.3 is 10.6 Å². The van der Waals surface area contributed by atoms with Crippen LogP contribution in [0, 0.1) is 11.3 Å². The summed E-state index contributed by atoms with van der Waals surface area (Å²) in [7, 11) is -1.39. The number of nitrogens with one attached hydrogen (secondary N) is 2. The number of nitriles is 1. The summed E-state index contributed by atoms with van der Waals surface area (Å²) in [6, 6.07) is 9.75. The predicted molar refractivity (Wildman–Crippen MR) is 98.5 cm³/mol. The van der Waals surface area contributed by atoms with Gasteiger partial charge in [0.15, 0.2) is 5.96 Å². The fraction of sp³-hybridized carbons (Fsp3) is 0.529. The van der Waals surface area contributed by atoms with Crippen molar-refractivity contribution in [3.63, 3.8) is 0 Å². The van der Waals surface area contributed by atoms with Gasteiger partial charge in [-0.15, -0.1) is 0 Å². The van der Waals surface area contributed by atoms with Gasteiger partial charge in [-0.2, -0.15) is 5.26 Å². The molecule has 1 saturated heterocycles. The third-order valence-electron chi connectivity index (χ3n) is 4.29. The fourth-order valence-corrected chi connectivity index (χ4v) is 3.92. The number of rotatable bonds is 5. The van der Waals surface area contributed by atoms with Gasteiger partial charge in [-0.25, -0.2) is 12.7 Å². The van der Waals surface area contributed by atoms with Gasteiger partial charge in [0.05, 0.1) is 17.4 Å². The second kappa shape index (κ2) is 8.83. The van der Waals surface area contributed by atoms with Crippen molar-refractivity contribution in [3.05, 3.63) is 35.4 Å². The van der Waals surface area contributed by atoms with Crippen molar-refractivity contribution >= 4 is 16.0 Å². The Morgan fingerprint density at radius 2 is 2.12 bits per heavy atom. The molecule has 2 rings (SSSR count). The molecule has 2 N–H and O–H groups in total. The summed E-state index contributed by atoms with van der Waals surface area (Å²) in [5, 5.41) is 15.5. The number of hydrogen-bond acceptors (Lipinski definition) is 4. The molecular formula is C17H25N5O2S. The molecule has 0 spiro atoms. The van der Waals surface area contributed by atoms with Crippen molar-refractivity contribution in [2.75, 3.05) is 25.9 Å². The Hall–Kier alpha value is -2.11. The van der Waals surface area contributed by atoms with Gasteiger partial charge >= 0.3 is 0 Å². The van der Waals surface area contributed by atoms with Crippen LogP contribution in [-0.2, 0) is 16.6 Å². The summed E-state index contributed by atoms with van der Waals surface area (Å²) in [6.45, 7) is 3.31. The summed E-state index contributed by atoms with van der Waals surface area (Å²) < 4.78 is 25.4. The first-order chi connectivity index (χ1) is 12.0. The minimum atomic E-state index is -3.10. The molecule has 1 aromatic rings. The number of nitrogens with zero attached hydrogens (tertiary/aromatic N) is 3. The number of sulfonamides is 1. The van der Waals surface area contributed by atoms with E-state index in [0.29, 0.717) is 31.2 Å². The van der Waals surface area contributed by atoms with Crippen LogP contribution in [0.1, 0.15) is 30.9 Å². The van der Waals surface area contributed by atoms with Crippen LogP contribution in [0.15, 0.2) is 29.3 Å². The molecule has 1 aliphatic heterocycles. The first kappa shape index (κ1) is 19.2. The lowest BCUT2D eigenvalue weighted by Gasteiger charge is -2.32. The molecule has 1 aliphatic rings. The van der Waals surface area contributed by atoms with Gasteiger partial charge in [0, 0.05) is 32.7 Å². The summed E-state index contributed by atoms with van der Waals surface area (Å²) in [6.07, 6.45) is 1.51. The maximum atomic E-state index is 11.9. The van der Waals surface area contributed by atoms with Crippen LogP contribution in [0.4, 0.5) is 0 Å². The molecule has 0 unspecified atom stereocenters. The van der Waals surface area contributed by atoms with Crippen molar-refractivity contribution in [2.24, 2.45) is 4.99 Å². The van der Waals surface area contributed by atoms with Crippen LogP contribution in [0.25, 0.3) is 0 Å². The normalized spacial score (nSPS) is 17.1. The Balaban J connectivity index is 1.84. The average molecular weight is 363 g/mol. The maximum absolute atomic E-state index is 11.9. The Bertz CT molecular complexity index is 747. The van der Waals surface area contributed by atoms with Crippen molar-refractivity contribution in [3.8, 4) is 6.07 Å². The Morgan fingerprint density at radius 1 is 1.40 bits per heavy atom. The Labute approximate surface area is 149 Å². The van der Waals surface area contributed by atoms with Crippen molar-refractivity contribution < 1.29 is 8.42 Å². The molecule has 8 heteroatoms. The molecule has 0 aromatic heterocycles. The lowest BCUT2D eigenvalue weighted by atomic mass is 10.1. The van der Waals surface area contributed by atoms with Crippen LogP contribution in [0.5, 0.6) is 0 Å². The van der Waals surface area contributed by atoms with Crippen LogP contribution in [-0.4, -0.2) is 50.6 Å². The Morgan fingerprint density at radius 3 is 2.72 bits per heavy atom. The molecule has 1 fully saturated rings. The highest BCUT2D eigenvalue weighted by atomic mass is 32.2. The molecule has 1 heterocycles. The smallest absolute Gasteiger partial charge is 0.213 e. The molecule has 0 atom stereocenters. The zero-order valence-electron chi connectivity index (χ0n) is 14.7. The van der Waals surface area contributed by atoms with Gasteiger partial charge in [0.1, 0.15) is 0 Å². The van der Waals surface area contributed by atoms with E-state index in [0.717, 1.165) is 18.4 Å². The third kappa shape index (κ3) is 5.44. The first-order valence-electron chi connectivity index (χ1n) is 8.42. The van der Waals surface area contributed by atoms with E-state index in [1.807, 2.05) is 18.2 Å². The van der Waals surface area contributed by atoms with Crippen LogP contribution < -0.4 is 10.6 Å². The second-order valence-corrected chi connectivity index (χ2v) is 8.21. The van der Waals surface area contributed by atoms with Gasteiger partial charge in [0.2, 0.25) is 10.0 Å². The average Bonchev–Trinajstić information content (AvgIpc) is 2.65. The highest BCUT2D eigenvalue weighted by Gasteiger charge is 2.26. The molecule has 7 nitrogen and oxygen atoms in total. The van der Waals surface area contributed by atoms with Crippen LogP contribution in [0.3, 0.4) is 0 Å². The van der Waals surface area contributed by atoms with E-state index in [1.54, 1.807) is 24.3 Å². The first-order valence-corrected chi connectivity index (χ1v) is 10.0. The second-order valence-electron chi connectivity index (χ2n) is 5.96. The van der Waals surface area contributed by atoms with Gasteiger partial charge in [-0.1, -0.05) is 12.1 Å². The number of piperidine rings is 1. The van der Waals surface area contributed by atoms with Gasteiger partial charge in [-0.05, 0) is 37.5 Å². The van der Waals surface area contributed by atoms with E-state index in [-0.39, 0.29) is 11.8 Å². The molecule has 0 aliphatic carbocycles. The van der Waals surface area contributed by atoms with E-state index in [9.17, 15) is 8.42 Å². The molecule has 0 bridgehead atoms. The van der Waals surface area contributed by atoms with E-state index in [1.165, 1.54) is 0 Å². The largest absolute Gasteiger partial charge is 0.354 e. The van der Waals surface area contributed by atoms with E-state index in [2.05, 4.69) is 21.7 Å². The maximum Gasteiger partial charge on any atom is 0.213 e. The third-order valence-corrected chi connectivity index (χ3v) is 6.17. The summed E-state index contributed by atoms with van der Waals surface area (Å²) in [4.78, 5) is 4.22. The zero-order valence-corrected chi connectivity index (χ0v) is 15.5. The van der Waals surface area contributed by atoms with Gasteiger partial charge in [-0.3, -0.25) is 4.99 Å². The van der Waals surface area contributed by atoms with Crippen molar-refractivity contribution in [1.82, 2.24) is 14.9 Å². The van der Waals surface area contributed by atoms with E-state index in [4.69, 9.17) is 5.26 Å². The number of aliphatic imine (C=N–C) groups is 1. The predicted octanol–water partition coefficient (Wildman–Crippen LogP) is 1.04. The lowest BCUT2D eigenvalue weighted by molar-refractivity contribution is 0.306. The van der Waals surface area contributed by atoms with Crippen molar-refractivity contribution in [2.45, 2.75) is 32.4 Å². The molecule has 25 heavy (non-hydrogen) atoms. The van der Waals surface area contributed by atoms with Crippen LogP contribution >= 0.6 is 0 Å². The van der Waals surface area contributed by atoms with E-state index < -0.39 is 10.0 Å². The summed E-state index contributed by atoms with van der Waals surface area (Å²) in [5.74, 6) is 0.829.